The molecular formula is C15H27NO9. The monoisotopic (exact) mass is 365 g/mol. The Bertz CT molecular complexity index is 486. The Balaban J connectivity index is 2.74. The first-order valence-electron chi connectivity index (χ1n) is 8.00. The van der Waals surface area contributed by atoms with Crippen molar-refractivity contribution in [3.8, 4) is 0 Å². The molecule has 6 unspecified atom stereocenters. The maximum absolute atomic E-state index is 11.7. The maximum Gasteiger partial charge on any atom is 0.364 e. The predicted octanol–water partition coefficient (Wildman–Crippen LogP) is -2.21. The number of rotatable bonds is 7. The Morgan fingerprint density at radius 3 is 2.40 bits per heavy atom. The van der Waals surface area contributed by atoms with Crippen molar-refractivity contribution in [2.75, 3.05) is 6.61 Å². The summed E-state index contributed by atoms with van der Waals surface area (Å²) in [5.74, 6) is -6.14. The van der Waals surface area contributed by atoms with Gasteiger partial charge in [-0.2, -0.15) is 0 Å². The van der Waals surface area contributed by atoms with Crippen molar-refractivity contribution in [1.82, 2.24) is 0 Å². The maximum atomic E-state index is 11.7. The van der Waals surface area contributed by atoms with Gasteiger partial charge in [0.2, 0.25) is 0 Å². The molecule has 146 valence electrons. The molecule has 7 N–H and O–H groups in total. The van der Waals surface area contributed by atoms with E-state index in [0.29, 0.717) is 0 Å². The van der Waals surface area contributed by atoms with Gasteiger partial charge in [-0.25, -0.2) is 4.79 Å². The van der Waals surface area contributed by atoms with Crippen LogP contribution in [-0.4, -0.2) is 80.3 Å². The molecule has 10 nitrogen and oxygen atoms in total. The van der Waals surface area contributed by atoms with Crippen LogP contribution in [0.4, 0.5) is 0 Å². The number of ether oxygens (including phenoxy) is 2. The molecule has 0 aromatic carbocycles. The molecule has 0 radical (unpaired) electrons. The third-order valence-electron chi connectivity index (χ3n) is 4.39. The Morgan fingerprint density at radius 1 is 1.36 bits per heavy atom. The molecule has 1 aliphatic heterocycles. The van der Waals surface area contributed by atoms with Crippen molar-refractivity contribution in [2.24, 2.45) is 17.6 Å². The molecule has 10 heteroatoms. The third kappa shape index (κ3) is 5.09. The highest BCUT2D eigenvalue weighted by atomic mass is 16.7. The van der Waals surface area contributed by atoms with Crippen molar-refractivity contribution >= 4 is 11.9 Å². The molecule has 0 spiro atoms. The summed E-state index contributed by atoms with van der Waals surface area (Å²) < 4.78 is 9.84. The average molecular weight is 365 g/mol. The highest BCUT2D eigenvalue weighted by molar-refractivity contribution is 5.76. The molecule has 0 aromatic heterocycles. The van der Waals surface area contributed by atoms with Gasteiger partial charge < -0.3 is 40.7 Å². The van der Waals surface area contributed by atoms with E-state index in [1.54, 1.807) is 13.8 Å². The molecule has 0 bridgehead atoms. The minimum atomic E-state index is -2.69. The molecule has 0 amide bonds. The summed E-state index contributed by atoms with van der Waals surface area (Å²) in [6, 6.07) is -0.895. The third-order valence-corrected chi connectivity index (χ3v) is 4.39. The number of carboxylic acids is 1. The van der Waals surface area contributed by atoms with Gasteiger partial charge in [-0.1, -0.05) is 20.8 Å². The number of carbonyl (C=O) groups excluding carboxylic acids is 1. The fourth-order valence-electron chi connectivity index (χ4n) is 2.44. The first-order chi connectivity index (χ1) is 11.4. The van der Waals surface area contributed by atoms with E-state index in [1.807, 2.05) is 0 Å². The predicted molar refractivity (Wildman–Crippen MR) is 83.0 cm³/mol. The van der Waals surface area contributed by atoms with Crippen LogP contribution in [0.5, 0.6) is 0 Å². The van der Waals surface area contributed by atoms with Crippen LogP contribution in [0.15, 0.2) is 0 Å². The largest absolute Gasteiger partial charge is 0.477 e. The summed E-state index contributed by atoms with van der Waals surface area (Å²) in [4.78, 5) is 22.8. The van der Waals surface area contributed by atoms with E-state index < -0.39 is 67.1 Å². The highest BCUT2D eigenvalue weighted by Gasteiger charge is 2.52. The average Bonchev–Trinajstić information content (AvgIpc) is 2.53. The van der Waals surface area contributed by atoms with Crippen LogP contribution in [0.3, 0.4) is 0 Å². The molecular weight excluding hydrogens is 338 g/mol. The smallest absolute Gasteiger partial charge is 0.364 e. The quantitative estimate of drug-likeness (QED) is 0.271. The van der Waals surface area contributed by atoms with Crippen molar-refractivity contribution in [2.45, 2.75) is 63.4 Å². The second-order valence-corrected chi connectivity index (χ2v) is 6.76. The number of carbonyl (C=O) groups is 2. The van der Waals surface area contributed by atoms with Gasteiger partial charge in [-0.3, -0.25) is 4.79 Å². The summed E-state index contributed by atoms with van der Waals surface area (Å²) in [7, 11) is 0. The molecule has 0 aliphatic carbocycles. The van der Waals surface area contributed by atoms with Gasteiger partial charge in [0, 0.05) is 12.3 Å². The molecule has 7 atom stereocenters. The van der Waals surface area contributed by atoms with E-state index in [4.69, 9.17) is 20.3 Å². The van der Waals surface area contributed by atoms with E-state index in [0.717, 1.165) is 0 Å². The fourth-order valence-corrected chi connectivity index (χ4v) is 2.44. The van der Waals surface area contributed by atoms with E-state index in [-0.39, 0.29) is 5.92 Å². The Hall–Kier alpha value is -1.30. The lowest BCUT2D eigenvalue weighted by Gasteiger charge is -2.43. The summed E-state index contributed by atoms with van der Waals surface area (Å²) in [6.07, 6.45) is -6.59. The van der Waals surface area contributed by atoms with Gasteiger partial charge in [0.25, 0.3) is 5.79 Å². The molecule has 1 heterocycles. The van der Waals surface area contributed by atoms with Crippen molar-refractivity contribution in [1.29, 1.82) is 0 Å². The van der Waals surface area contributed by atoms with Gasteiger partial charge in [-0.15, -0.1) is 0 Å². The number of aliphatic carboxylic acids is 1. The molecule has 0 saturated carbocycles. The van der Waals surface area contributed by atoms with E-state index in [1.165, 1.54) is 6.92 Å². The highest BCUT2D eigenvalue weighted by Crippen LogP contribution is 2.33. The molecule has 25 heavy (non-hydrogen) atoms. The summed E-state index contributed by atoms with van der Waals surface area (Å²) in [6.45, 7) is 4.29. The summed E-state index contributed by atoms with van der Waals surface area (Å²) >= 11 is 0. The standard InChI is InChI=1S/C15H27NO9/c1-6(2)10(16)13(20)24-5-9(18)11(19)12-7(3)8(17)4-15(23,25-12)14(21)22/h6-12,17-19,23H,4-5,16H2,1-3H3,(H,21,22)/t7?,8?,9?,10-,11?,12?,15?/m0/s1. The van der Waals surface area contributed by atoms with E-state index in [9.17, 15) is 30.0 Å². The number of aliphatic hydroxyl groups excluding tert-OH is 3. The zero-order chi connectivity index (χ0) is 19.5. The van der Waals surface area contributed by atoms with Gasteiger partial charge >= 0.3 is 11.9 Å². The van der Waals surface area contributed by atoms with Gasteiger partial charge in [0.05, 0.1) is 12.2 Å². The molecule has 1 saturated heterocycles. The molecule has 1 aliphatic rings. The lowest BCUT2D eigenvalue weighted by molar-refractivity contribution is -0.302. The van der Waals surface area contributed by atoms with Crippen molar-refractivity contribution < 1.29 is 44.6 Å². The SMILES string of the molecule is CC1C(O)CC(O)(C(=O)O)OC1C(O)C(O)COC(=O)[C@@H](N)C(C)C. The van der Waals surface area contributed by atoms with Gasteiger partial charge in [-0.05, 0) is 5.92 Å². The normalized spacial score (nSPS) is 33.6. The number of carboxylic acid groups (broad SMARTS) is 1. The number of aliphatic hydroxyl groups is 4. The van der Waals surface area contributed by atoms with Crippen LogP contribution in [0, 0.1) is 11.8 Å². The minimum absolute atomic E-state index is 0.183. The van der Waals surface area contributed by atoms with Crippen LogP contribution < -0.4 is 5.73 Å². The van der Waals surface area contributed by atoms with Crippen molar-refractivity contribution in [3.63, 3.8) is 0 Å². The Labute approximate surface area is 145 Å². The number of hydrogen-bond donors (Lipinski definition) is 6. The summed E-state index contributed by atoms with van der Waals surface area (Å²) in [5.41, 5.74) is 5.60. The van der Waals surface area contributed by atoms with Crippen molar-refractivity contribution in [3.05, 3.63) is 0 Å². The first-order valence-corrected chi connectivity index (χ1v) is 8.00. The zero-order valence-electron chi connectivity index (χ0n) is 14.4. The van der Waals surface area contributed by atoms with Crippen LogP contribution >= 0.6 is 0 Å². The van der Waals surface area contributed by atoms with E-state index >= 15 is 0 Å². The second kappa shape index (κ2) is 8.39. The Kier molecular flexibility index (Phi) is 7.29. The number of hydrogen-bond acceptors (Lipinski definition) is 9. The second-order valence-electron chi connectivity index (χ2n) is 6.76. The minimum Gasteiger partial charge on any atom is -0.477 e. The van der Waals surface area contributed by atoms with Gasteiger partial charge in [0.1, 0.15) is 24.9 Å². The molecule has 1 rings (SSSR count). The van der Waals surface area contributed by atoms with Crippen LogP contribution in [0.1, 0.15) is 27.2 Å². The van der Waals surface area contributed by atoms with Crippen LogP contribution in [-0.2, 0) is 19.1 Å². The molecule has 1 fully saturated rings. The fraction of sp³-hybridized carbons (Fsp3) is 0.867. The lowest BCUT2D eigenvalue weighted by Crippen LogP contribution is -2.60. The topological polar surface area (TPSA) is 180 Å². The number of esters is 1. The van der Waals surface area contributed by atoms with Crippen LogP contribution in [0.2, 0.25) is 0 Å². The Morgan fingerprint density at radius 2 is 1.92 bits per heavy atom. The zero-order valence-corrected chi connectivity index (χ0v) is 14.4. The van der Waals surface area contributed by atoms with Gasteiger partial charge in [0.15, 0.2) is 0 Å². The van der Waals surface area contributed by atoms with Crippen LogP contribution in [0.25, 0.3) is 0 Å². The summed E-state index contributed by atoms with van der Waals surface area (Å²) in [5, 5.41) is 49.0. The van der Waals surface area contributed by atoms with E-state index in [2.05, 4.69) is 0 Å². The lowest BCUT2D eigenvalue weighted by atomic mass is 9.85. The first kappa shape index (κ1) is 21.7. The number of nitrogens with two attached hydrogens (primary N) is 1. The molecule has 0 aromatic rings.